The minimum Gasteiger partial charge on any atom is -0.496 e. The summed E-state index contributed by atoms with van der Waals surface area (Å²) in [7, 11) is 1.64. The van der Waals surface area contributed by atoms with Crippen LogP contribution in [0, 0.1) is 0 Å². The summed E-state index contributed by atoms with van der Waals surface area (Å²) in [6, 6.07) is 17.6. The van der Waals surface area contributed by atoms with Gasteiger partial charge in [0.1, 0.15) is 11.9 Å². The van der Waals surface area contributed by atoms with Crippen molar-refractivity contribution in [2.45, 2.75) is 11.3 Å². The van der Waals surface area contributed by atoms with E-state index in [2.05, 4.69) is 15.5 Å². The lowest BCUT2D eigenvalue weighted by molar-refractivity contribution is 0.150. The third-order valence-electron chi connectivity index (χ3n) is 4.14. The van der Waals surface area contributed by atoms with E-state index in [-0.39, 0.29) is 12.2 Å². The molecule has 0 saturated carbocycles. The minimum absolute atomic E-state index is 0.182. The summed E-state index contributed by atoms with van der Waals surface area (Å²) in [6.45, 7) is 0.505. The Labute approximate surface area is 160 Å². The second-order valence-electron chi connectivity index (χ2n) is 5.90. The van der Waals surface area contributed by atoms with Crippen LogP contribution in [0.25, 0.3) is 17.1 Å². The van der Waals surface area contributed by atoms with Gasteiger partial charge in [-0.2, -0.15) is 0 Å². The topological polar surface area (TPSA) is 78.3 Å². The van der Waals surface area contributed by atoms with Gasteiger partial charge in [0.05, 0.1) is 19.2 Å². The summed E-state index contributed by atoms with van der Waals surface area (Å²) >= 11 is 1.50. The fourth-order valence-electron chi connectivity index (χ4n) is 2.87. The maximum Gasteiger partial charge on any atom is 0.407 e. The number of carbonyl (C=O) groups excluding carboxylic acids is 1. The average Bonchev–Trinajstić information content (AvgIpc) is 3.33. The van der Waals surface area contributed by atoms with Crippen LogP contribution in [0.5, 0.6) is 5.75 Å². The van der Waals surface area contributed by atoms with Gasteiger partial charge in [-0.25, -0.2) is 4.79 Å². The number of carbonyl (C=O) groups is 1. The van der Waals surface area contributed by atoms with Crippen LogP contribution in [0.2, 0.25) is 0 Å². The Morgan fingerprint density at radius 3 is 2.70 bits per heavy atom. The first-order valence-corrected chi connectivity index (χ1v) is 9.46. The van der Waals surface area contributed by atoms with E-state index in [1.165, 1.54) is 11.8 Å². The van der Waals surface area contributed by atoms with Gasteiger partial charge in [-0.3, -0.25) is 4.57 Å². The molecule has 0 aliphatic carbocycles. The maximum atomic E-state index is 11.2. The van der Waals surface area contributed by atoms with E-state index in [0.29, 0.717) is 18.1 Å². The zero-order valence-electron chi connectivity index (χ0n) is 14.7. The molecule has 1 N–H and O–H groups in total. The molecular weight excluding hydrogens is 364 g/mol. The van der Waals surface area contributed by atoms with Crippen molar-refractivity contribution in [2.75, 3.05) is 19.4 Å². The van der Waals surface area contributed by atoms with Crippen molar-refractivity contribution in [1.82, 2.24) is 20.1 Å². The van der Waals surface area contributed by atoms with Crippen LogP contribution in [-0.4, -0.2) is 46.4 Å². The standard InChI is InChI=1S/C19H18N4O3S/c1-25-16-10-6-5-9-15(16)17-21-22-18(23(17)13-7-3-2-4-8-13)27-12-14-11-20-19(24)26-14/h2-10,14H,11-12H2,1H3,(H,20,24)/t14-/m1/s1. The first-order valence-electron chi connectivity index (χ1n) is 8.48. The highest BCUT2D eigenvalue weighted by molar-refractivity contribution is 7.99. The lowest BCUT2D eigenvalue weighted by atomic mass is 10.2. The number of hydrogen-bond donors (Lipinski definition) is 1. The van der Waals surface area contributed by atoms with Crippen LogP contribution in [0.1, 0.15) is 0 Å². The summed E-state index contributed by atoms with van der Waals surface area (Å²) in [5.41, 5.74) is 1.81. The van der Waals surface area contributed by atoms with E-state index >= 15 is 0 Å². The van der Waals surface area contributed by atoms with Crippen molar-refractivity contribution in [3.05, 3.63) is 54.6 Å². The number of thioether (sulfide) groups is 1. The normalized spacial score (nSPS) is 16.0. The molecule has 27 heavy (non-hydrogen) atoms. The van der Waals surface area contributed by atoms with Crippen molar-refractivity contribution in [3.63, 3.8) is 0 Å². The number of aromatic nitrogens is 3. The van der Waals surface area contributed by atoms with Gasteiger partial charge < -0.3 is 14.8 Å². The van der Waals surface area contributed by atoms with E-state index in [4.69, 9.17) is 9.47 Å². The van der Waals surface area contributed by atoms with Gasteiger partial charge in [0.2, 0.25) is 0 Å². The van der Waals surface area contributed by atoms with Gasteiger partial charge in [0.25, 0.3) is 0 Å². The van der Waals surface area contributed by atoms with Gasteiger partial charge >= 0.3 is 6.09 Å². The van der Waals surface area contributed by atoms with E-state index < -0.39 is 0 Å². The van der Waals surface area contributed by atoms with Crippen LogP contribution >= 0.6 is 11.8 Å². The third kappa shape index (κ3) is 3.61. The quantitative estimate of drug-likeness (QED) is 0.660. The van der Waals surface area contributed by atoms with Crippen LogP contribution in [0.3, 0.4) is 0 Å². The summed E-state index contributed by atoms with van der Waals surface area (Å²) in [5, 5.41) is 12.2. The number of amides is 1. The number of rotatable bonds is 6. The molecule has 0 radical (unpaired) electrons. The van der Waals surface area contributed by atoms with Crippen molar-refractivity contribution >= 4 is 17.9 Å². The fourth-order valence-corrected chi connectivity index (χ4v) is 3.81. The number of methoxy groups -OCH3 is 1. The third-order valence-corrected chi connectivity index (χ3v) is 5.20. The van der Waals surface area contributed by atoms with Gasteiger partial charge in [0.15, 0.2) is 11.0 Å². The van der Waals surface area contributed by atoms with E-state index in [1.807, 2.05) is 59.2 Å². The lowest BCUT2D eigenvalue weighted by Gasteiger charge is -2.13. The Balaban J connectivity index is 1.72. The fraction of sp³-hybridized carbons (Fsp3) is 0.211. The molecule has 0 spiro atoms. The van der Waals surface area contributed by atoms with E-state index in [9.17, 15) is 4.79 Å². The van der Waals surface area contributed by atoms with Crippen molar-refractivity contribution < 1.29 is 14.3 Å². The molecule has 8 heteroatoms. The molecule has 1 aliphatic rings. The Bertz CT molecular complexity index is 945. The van der Waals surface area contributed by atoms with Gasteiger partial charge in [0, 0.05) is 11.4 Å². The molecule has 0 bridgehead atoms. The van der Waals surface area contributed by atoms with Crippen LogP contribution in [-0.2, 0) is 4.74 Å². The van der Waals surface area contributed by atoms with E-state index in [0.717, 1.165) is 22.2 Å². The molecule has 2 aromatic carbocycles. The average molecular weight is 382 g/mol. The monoisotopic (exact) mass is 382 g/mol. The highest BCUT2D eigenvalue weighted by atomic mass is 32.2. The van der Waals surface area contributed by atoms with Gasteiger partial charge in [-0.05, 0) is 24.3 Å². The predicted molar refractivity (Wildman–Crippen MR) is 102 cm³/mol. The number of benzene rings is 2. The number of hydrogen-bond acceptors (Lipinski definition) is 6. The Morgan fingerprint density at radius 2 is 1.96 bits per heavy atom. The summed E-state index contributed by atoms with van der Waals surface area (Å²) in [4.78, 5) is 11.2. The Morgan fingerprint density at radius 1 is 1.19 bits per heavy atom. The predicted octanol–water partition coefficient (Wildman–Crippen LogP) is 3.14. The van der Waals surface area contributed by atoms with E-state index in [1.54, 1.807) is 7.11 Å². The smallest absolute Gasteiger partial charge is 0.407 e. The molecule has 1 saturated heterocycles. The zero-order valence-corrected chi connectivity index (χ0v) is 15.5. The number of para-hydroxylation sites is 2. The van der Waals surface area contributed by atoms with Gasteiger partial charge in [-0.1, -0.05) is 42.1 Å². The molecule has 4 rings (SSSR count). The molecule has 1 atom stereocenters. The second-order valence-corrected chi connectivity index (χ2v) is 6.88. The number of nitrogens with one attached hydrogen (secondary N) is 1. The highest BCUT2D eigenvalue weighted by Gasteiger charge is 2.25. The maximum absolute atomic E-state index is 11.2. The first kappa shape index (κ1) is 17.4. The SMILES string of the molecule is COc1ccccc1-c1nnc(SC[C@H]2CNC(=O)O2)n1-c1ccccc1. The summed E-state index contributed by atoms with van der Waals surface area (Å²) < 4.78 is 12.7. The van der Waals surface area contributed by atoms with Crippen molar-refractivity contribution in [3.8, 4) is 22.8 Å². The molecule has 2 heterocycles. The number of alkyl carbamates (subject to hydrolysis) is 1. The molecule has 3 aromatic rings. The van der Waals surface area contributed by atoms with Crippen molar-refractivity contribution in [1.29, 1.82) is 0 Å². The minimum atomic E-state index is -0.375. The molecule has 138 valence electrons. The molecule has 1 fully saturated rings. The number of cyclic esters (lactones) is 1. The Kier molecular flexibility index (Phi) is 4.97. The first-order chi connectivity index (χ1) is 13.3. The van der Waals surface area contributed by atoms with Gasteiger partial charge in [-0.15, -0.1) is 10.2 Å². The molecule has 1 aromatic heterocycles. The second kappa shape index (κ2) is 7.71. The molecule has 0 unspecified atom stereocenters. The molecular formula is C19H18N4O3S. The number of ether oxygens (including phenoxy) is 2. The number of nitrogens with zero attached hydrogens (tertiary/aromatic N) is 3. The van der Waals surface area contributed by atoms with Crippen LogP contribution < -0.4 is 10.1 Å². The molecule has 1 amide bonds. The zero-order chi connectivity index (χ0) is 18.6. The molecule has 7 nitrogen and oxygen atoms in total. The largest absolute Gasteiger partial charge is 0.496 e. The Hall–Kier alpha value is -3.00. The highest BCUT2D eigenvalue weighted by Crippen LogP contribution is 2.33. The molecule has 1 aliphatic heterocycles. The summed E-state index contributed by atoms with van der Waals surface area (Å²) in [5.74, 6) is 2.02. The van der Waals surface area contributed by atoms with Crippen molar-refractivity contribution in [2.24, 2.45) is 0 Å². The lowest BCUT2D eigenvalue weighted by Crippen LogP contribution is -2.17. The summed E-state index contributed by atoms with van der Waals surface area (Å²) in [6.07, 6.45) is -0.557. The van der Waals surface area contributed by atoms with Crippen LogP contribution in [0.15, 0.2) is 59.8 Å². The van der Waals surface area contributed by atoms with Crippen LogP contribution in [0.4, 0.5) is 4.79 Å².